The summed E-state index contributed by atoms with van der Waals surface area (Å²) in [6.45, 7) is 0. The Hall–Kier alpha value is 0.210. The van der Waals surface area contributed by atoms with Gasteiger partial charge >= 0.3 is 0 Å². The van der Waals surface area contributed by atoms with Crippen molar-refractivity contribution in [3.8, 4) is 0 Å². The zero-order chi connectivity index (χ0) is 10.9. The lowest BCUT2D eigenvalue weighted by Gasteiger charge is -2.44. The molecule has 4 N–H and O–H groups in total. The van der Waals surface area contributed by atoms with Gasteiger partial charge in [-0.05, 0) is 44.4 Å². The third kappa shape index (κ3) is 2.66. The van der Waals surface area contributed by atoms with Gasteiger partial charge in [0, 0.05) is 4.87 Å². The van der Waals surface area contributed by atoms with Gasteiger partial charge in [0.15, 0.2) is 0 Å². The molecule has 15 heavy (non-hydrogen) atoms. The lowest BCUT2D eigenvalue weighted by atomic mass is 9.70. The fourth-order valence-corrected chi connectivity index (χ4v) is 3.71. The molecule has 0 aromatic rings. The quantitative estimate of drug-likeness (QED) is 0.538. The minimum atomic E-state index is -0.418. The van der Waals surface area contributed by atoms with Crippen LogP contribution in [0.25, 0.3) is 0 Å². The van der Waals surface area contributed by atoms with E-state index in [1.165, 1.54) is 32.1 Å². The van der Waals surface area contributed by atoms with Crippen LogP contribution in [0.5, 0.6) is 0 Å². The van der Waals surface area contributed by atoms with E-state index in [-0.39, 0.29) is 4.87 Å². The van der Waals surface area contributed by atoms with Crippen LogP contribution in [0.4, 0.5) is 0 Å². The molecule has 2 saturated carbocycles. The second-order valence-corrected chi connectivity index (χ2v) is 6.36. The van der Waals surface area contributed by atoms with E-state index in [9.17, 15) is 0 Å². The van der Waals surface area contributed by atoms with E-state index in [4.69, 9.17) is 23.1 Å². The topological polar surface area (TPSA) is 52.0 Å². The fraction of sp³-hybridized carbons (Fsp3) is 1.00. The monoisotopic (exact) mass is 230 g/mol. The van der Waals surface area contributed by atoms with Gasteiger partial charge in [-0.25, -0.2) is 0 Å². The first-order chi connectivity index (χ1) is 7.02. The van der Waals surface area contributed by atoms with E-state index < -0.39 is 5.66 Å². The summed E-state index contributed by atoms with van der Waals surface area (Å²) >= 11 is 6.77. The molecule has 0 amide bonds. The molecule has 0 spiro atoms. The molecule has 0 aliphatic heterocycles. The number of hydrogen-bond donors (Lipinski definition) is 2. The van der Waals surface area contributed by atoms with Crippen LogP contribution in [-0.2, 0) is 0 Å². The van der Waals surface area contributed by atoms with E-state index in [1.54, 1.807) is 0 Å². The molecular weight excluding hydrogens is 208 g/mol. The molecule has 0 unspecified atom stereocenters. The van der Waals surface area contributed by atoms with Gasteiger partial charge in [-0.1, -0.05) is 19.3 Å². The van der Waals surface area contributed by atoms with Crippen molar-refractivity contribution in [1.82, 2.24) is 0 Å². The van der Waals surface area contributed by atoms with Crippen LogP contribution in [0.3, 0.4) is 0 Å². The lowest BCUT2D eigenvalue weighted by Crippen LogP contribution is -2.53. The molecule has 2 fully saturated rings. The standard InChI is InChI=1S/C12H23ClN2/c13-11(6-2-1-3-7-11)10-4-8-12(14,15)9-5-10/h10H,1-9,14-15H2. The number of hydrogen-bond acceptors (Lipinski definition) is 2. The molecule has 0 aromatic heterocycles. The van der Waals surface area contributed by atoms with Crippen molar-refractivity contribution in [2.24, 2.45) is 17.4 Å². The van der Waals surface area contributed by atoms with Gasteiger partial charge < -0.3 is 11.5 Å². The highest BCUT2D eigenvalue weighted by Gasteiger charge is 2.41. The fourth-order valence-electron chi connectivity index (χ4n) is 3.22. The zero-order valence-corrected chi connectivity index (χ0v) is 10.2. The Morgan fingerprint density at radius 2 is 1.40 bits per heavy atom. The molecule has 2 aliphatic rings. The number of alkyl halides is 1. The van der Waals surface area contributed by atoms with E-state index in [2.05, 4.69) is 0 Å². The Morgan fingerprint density at radius 3 is 1.93 bits per heavy atom. The molecule has 3 heteroatoms. The van der Waals surface area contributed by atoms with Gasteiger partial charge in [-0.15, -0.1) is 11.6 Å². The van der Waals surface area contributed by atoms with Crippen molar-refractivity contribution < 1.29 is 0 Å². The van der Waals surface area contributed by atoms with Crippen LogP contribution in [-0.4, -0.2) is 10.5 Å². The predicted molar refractivity (Wildman–Crippen MR) is 64.7 cm³/mol. The minimum absolute atomic E-state index is 0.0781. The highest BCUT2D eigenvalue weighted by molar-refractivity contribution is 6.24. The highest BCUT2D eigenvalue weighted by Crippen LogP contribution is 2.46. The van der Waals surface area contributed by atoms with Crippen LogP contribution in [0.2, 0.25) is 0 Å². The summed E-state index contributed by atoms with van der Waals surface area (Å²) in [4.78, 5) is 0.0781. The van der Waals surface area contributed by atoms with Crippen molar-refractivity contribution in [3.05, 3.63) is 0 Å². The largest absolute Gasteiger partial charge is 0.313 e. The van der Waals surface area contributed by atoms with Crippen molar-refractivity contribution in [1.29, 1.82) is 0 Å². The van der Waals surface area contributed by atoms with Gasteiger partial charge in [0.1, 0.15) is 0 Å². The second-order valence-electron chi connectivity index (χ2n) is 5.60. The maximum Gasteiger partial charge on any atom is 0.0636 e. The Bertz CT molecular complexity index is 212. The molecule has 0 heterocycles. The summed E-state index contributed by atoms with van der Waals surface area (Å²) in [5, 5.41) is 0. The second kappa shape index (κ2) is 4.23. The summed E-state index contributed by atoms with van der Waals surface area (Å²) in [5.74, 6) is 0.652. The maximum atomic E-state index is 6.77. The Morgan fingerprint density at radius 1 is 0.867 bits per heavy atom. The maximum absolute atomic E-state index is 6.77. The molecular formula is C12H23ClN2. The molecule has 0 bridgehead atoms. The van der Waals surface area contributed by atoms with Crippen molar-refractivity contribution in [3.63, 3.8) is 0 Å². The third-order valence-corrected chi connectivity index (χ3v) is 5.02. The molecule has 2 aliphatic carbocycles. The number of rotatable bonds is 1. The Labute approximate surface area is 97.7 Å². The van der Waals surface area contributed by atoms with Crippen LogP contribution in [0, 0.1) is 5.92 Å². The first-order valence-electron chi connectivity index (χ1n) is 6.29. The molecule has 0 saturated heterocycles. The molecule has 2 nitrogen and oxygen atoms in total. The average molecular weight is 231 g/mol. The first-order valence-corrected chi connectivity index (χ1v) is 6.66. The summed E-state index contributed by atoms with van der Waals surface area (Å²) in [7, 11) is 0. The van der Waals surface area contributed by atoms with Crippen molar-refractivity contribution >= 4 is 11.6 Å². The average Bonchev–Trinajstić information content (AvgIpc) is 2.18. The van der Waals surface area contributed by atoms with Crippen molar-refractivity contribution in [2.45, 2.75) is 68.3 Å². The van der Waals surface area contributed by atoms with Gasteiger partial charge in [-0.3, -0.25) is 0 Å². The smallest absolute Gasteiger partial charge is 0.0636 e. The van der Waals surface area contributed by atoms with Crippen LogP contribution in [0.1, 0.15) is 57.8 Å². The van der Waals surface area contributed by atoms with Gasteiger partial charge in [0.25, 0.3) is 0 Å². The summed E-state index contributed by atoms with van der Waals surface area (Å²) < 4.78 is 0. The highest BCUT2D eigenvalue weighted by atomic mass is 35.5. The molecule has 2 rings (SSSR count). The molecule has 88 valence electrons. The van der Waals surface area contributed by atoms with Gasteiger partial charge in [-0.2, -0.15) is 0 Å². The van der Waals surface area contributed by atoms with Gasteiger partial charge in [0.05, 0.1) is 5.66 Å². The zero-order valence-electron chi connectivity index (χ0n) is 9.47. The van der Waals surface area contributed by atoms with E-state index >= 15 is 0 Å². The molecule has 0 radical (unpaired) electrons. The Kier molecular flexibility index (Phi) is 3.30. The SMILES string of the molecule is NC1(N)CCC(C2(Cl)CCCCC2)CC1. The van der Waals surface area contributed by atoms with Crippen LogP contribution < -0.4 is 11.5 Å². The third-order valence-electron chi connectivity index (χ3n) is 4.33. The first kappa shape index (κ1) is 11.7. The molecule has 0 aromatic carbocycles. The van der Waals surface area contributed by atoms with Gasteiger partial charge in [0.2, 0.25) is 0 Å². The predicted octanol–water partition coefficient (Wildman–Crippen LogP) is 2.73. The number of halogens is 1. The number of nitrogens with two attached hydrogens (primary N) is 2. The molecule has 0 atom stereocenters. The van der Waals surface area contributed by atoms with E-state index in [0.29, 0.717) is 5.92 Å². The normalized spacial score (nSPS) is 31.4. The summed E-state index contributed by atoms with van der Waals surface area (Å²) in [5.41, 5.74) is 11.5. The van der Waals surface area contributed by atoms with Crippen LogP contribution in [0.15, 0.2) is 0 Å². The minimum Gasteiger partial charge on any atom is -0.313 e. The van der Waals surface area contributed by atoms with E-state index in [0.717, 1.165) is 25.7 Å². The Balaban J connectivity index is 1.94. The lowest BCUT2D eigenvalue weighted by molar-refractivity contribution is 0.171. The van der Waals surface area contributed by atoms with E-state index in [1.807, 2.05) is 0 Å². The summed E-state index contributed by atoms with van der Waals surface area (Å²) in [6.07, 6.45) is 10.5. The summed E-state index contributed by atoms with van der Waals surface area (Å²) in [6, 6.07) is 0. The van der Waals surface area contributed by atoms with Crippen molar-refractivity contribution in [2.75, 3.05) is 0 Å². The van der Waals surface area contributed by atoms with Crippen LogP contribution >= 0.6 is 11.6 Å².